The zero-order chi connectivity index (χ0) is 8.97. The van der Waals surface area contributed by atoms with Gasteiger partial charge in [-0.25, -0.2) is 0 Å². The van der Waals surface area contributed by atoms with Crippen LogP contribution in [0, 0.1) is 5.41 Å². The fraction of sp³-hybridized carbons (Fsp3) is 0.222. The highest BCUT2D eigenvalue weighted by molar-refractivity contribution is 5.96. The van der Waals surface area contributed by atoms with E-state index in [-0.39, 0.29) is 5.84 Å². The van der Waals surface area contributed by atoms with Gasteiger partial charge in [0.05, 0.1) is 6.61 Å². The second-order valence-electron chi connectivity index (χ2n) is 2.50. The zero-order valence-electron chi connectivity index (χ0n) is 7.00. The van der Waals surface area contributed by atoms with E-state index in [1.165, 1.54) is 0 Å². The fourth-order valence-electron chi connectivity index (χ4n) is 1.06. The van der Waals surface area contributed by atoms with Crippen molar-refractivity contribution in [3.8, 4) is 0 Å². The van der Waals surface area contributed by atoms with Crippen molar-refractivity contribution >= 4 is 5.84 Å². The lowest BCUT2D eigenvalue weighted by Gasteiger charge is -2.05. The van der Waals surface area contributed by atoms with E-state index in [1.54, 1.807) is 7.11 Å². The molecule has 0 radical (unpaired) electrons. The Labute approximate surface area is 71.7 Å². The number of rotatable bonds is 3. The van der Waals surface area contributed by atoms with E-state index < -0.39 is 0 Å². The highest BCUT2D eigenvalue weighted by atomic mass is 16.5. The first-order valence-corrected chi connectivity index (χ1v) is 3.67. The third-order valence-electron chi connectivity index (χ3n) is 1.61. The molecular weight excluding hydrogens is 152 g/mol. The predicted molar refractivity (Wildman–Crippen MR) is 48.2 cm³/mol. The van der Waals surface area contributed by atoms with Gasteiger partial charge in [0.15, 0.2) is 0 Å². The summed E-state index contributed by atoms with van der Waals surface area (Å²) in [5, 5.41) is 7.28. The number of nitrogens with one attached hydrogen (secondary N) is 1. The quantitative estimate of drug-likeness (QED) is 0.519. The Morgan fingerprint density at radius 1 is 1.50 bits per heavy atom. The summed E-state index contributed by atoms with van der Waals surface area (Å²) in [6, 6.07) is 7.48. The molecule has 1 aromatic rings. The highest BCUT2D eigenvalue weighted by Gasteiger charge is 2.02. The molecule has 0 aliphatic rings. The van der Waals surface area contributed by atoms with Gasteiger partial charge in [-0.2, -0.15) is 0 Å². The minimum Gasteiger partial charge on any atom is -0.384 e. The molecule has 3 N–H and O–H groups in total. The lowest BCUT2D eigenvalue weighted by atomic mass is 10.1. The fourth-order valence-corrected chi connectivity index (χ4v) is 1.06. The Hall–Kier alpha value is -1.35. The summed E-state index contributed by atoms with van der Waals surface area (Å²) in [6.07, 6.45) is 0. The molecule has 3 heteroatoms. The summed E-state index contributed by atoms with van der Waals surface area (Å²) < 4.78 is 4.97. The molecule has 0 saturated carbocycles. The van der Waals surface area contributed by atoms with Crippen LogP contribution in [0.25, 0.3) is 0 Å². The van der Waals surface area contributed by atoms with E-state index in [0.29, 0.717) is 6.61 Å². The van der Waals surface area contributed by atoms with E-state index in [1.807, 2.05) is 24.3 Å². The summed E-state index contributed by atoms with van der Waals surface area (Å²) >= 11 is 0. The van der Waals surface area contributed by atoms with Crippen molar-refractivity contribution in [2.24, 2.45) is 5.73 Å². The molecule has 64 valence electrons. The molecule has 1 aromatic carbocycles. The maximum atomic E-state index is 7.28. The van der Waals surface area contributed by atoms with Gasteiger partial charge in [-0.15, -0.1) is 0 Å². The number of nitrogens with two attached hydrogens (primary N) is 1. The van der Waals surface area contributed by atoms with Crippen LogP contribution in [0.4, 0.5) is 0 Å². The zero-order valence-corrected chi connectivity index (χ0v) is 7.00. The van der Waals surface area contributed by atoms with Crippen molar-refractivity contribution in [3.63, 3.8) is 0 Å². The molecule has 0 atom stereocenters. The summed E-state index contributed by atoms with van der Waals surface area (Å²) in [5.74, 6) is 0.0858. The molecule has 0 bridgehead atoms. The summed E-state index contributed by atoms with van der Waals surface area (Å²) in [4.78, 5) is 0. The van der Waals surface area contributed by atoms with Crippen LogP contribution >= 0.6 is 0 Å². The minimum atomic E-state index is 0.0858. The van der Waals surface area contributed by atoms with Crippen LogP contribution in [0.15, 0.2) is 24.3 Å². The van der Waals surface area contributed by atoms with Crippen molar-refractivity contribution in [3.05, 3.63) is 35.4 Å². The average molecular weight is 164 g/mol. The van der Waals surface area contributed by atoms with Crippen LogP contribution in [0.2, 0.25) is 0 Å². The Bertz CT molecular complexity index is 284. The first-order chi connectivity index (χ1) is 5.75. The van der Waals surface area contributed by atoms with Gasteiger partial charge in [0.1, 0.15) is 5.84 Å². The lowest BCUT2D eigenvalue weighted by Crippen LogP contribution is -2.13. The smallest absolute Gasteiger partial charge is 0.123 e. The number of methoxy groups -OCH3 is 1. The van der Waals surface area contributed by atoms with E-state index in [4.69, 9.17) is 15.9 Å². The highest BCUT2D eigenvalue weighted by Crippen LogP contribution is 2.08. The Balaban J connectivity index is 3.00. The predicted octanol–water partition coefficient (Wildman–Crippen LogP) is 1.12. The molecule has 0 aliphatic carbocycles. The number of ether oxygens (including phenoxy) is 1. The van der Waals surface area contributed by atoms with Crippen LogP contribution < -0.4 is 5.73 Å². The molecule has 12 heavy (non-hydrogen) atoms. The van der Waals surface area contributed by atoms with Crippen LogP contribution in [0.1, 0.15) is 11.1 Å². The topological polar surface area (TPSA) is 59.1 Å². The van der Waals surface area contributed by atoms with Gasteiger partial charge >= 0.3 is 0 Å². The first kappa shape index (κ1) is 8.74. The van der Waals surface area contributed by atoms with Crippen molar-refractivity contribution in [1.29, 1.82) is 5.41 Å². The lowest BCUT2D eigenvalue weighted by molar-refractivity contribution is 0.185. The largest absolute Gasteiger partial charge is 0.384 e. The molecule has 0 saturated heterocycles. The normalized spacial score (nSPS) is 9.75. The van der Waals surface area contributed by atoms with Crippen molar-refractivity contribution in [1.82, 2.24) is 0 Å². The molecular formula is C9H12N2O. The number of hydrogen-bond acceptors (Lipinski definition) is 2. The molecule has 0 amide bonds. The van der Waals surface area contributed by atoms with E-state index in [9.17, 15) is 0 Å². The molecule has 0 unspecified atom stereocenters. The van der Waals surface area contributed by atoms with Crippen molar-refractivity contribution in [2.75, 3.05) is 7.11 Å². The monoisotopic (exact) mass is 164 g/mol. The summed E-state index contributed by atoms with van der Waals surface area (Å²) in [6.45, 7) is 0.496. The average Bonchev–Trinajstić information content (AvgIpc) is 2.05. The van der Waals surface area contributed by atoms with Gasteiger partial charge in [0, 0.05) is 12.7 Å². The Morgan fingerprint density at radius 2 is 2.17 bits per heavy atom. The molecule has 1 rings (SSSR count). The maximum Gasteiger partial charge on any atom is 0.123 e. The van der Waals surface area contributed by atoms with Crippen LogP contribution in [-0.4, -0.2) is 12.9 Å². The van der Waals surface area contributed by atoms with Gasteiger partial charge in [0.25, 0.3) is 0 Å². The second kappa shape index (κ2) is 3.88. The minimum absolute atomic E-state index is 0.0858. The van der Waals surface area contributed by atoms with Gasteiger partial charge in [-0.1, -0.05) is 24.3 Å². The Kier molecular flexibility index (Phi) is 2.82. The second-order valence-corrected chi connectivity index (χ2v) is 2.50. The Morgan fingerprint density at radius 3 is 2.75 bits per heavy atom. The molecule has 0 spiro atoms. The number of benzene rings is 1. The van der Waals surface area contributed by atoms with Gasteiger partial charge < -0.3 is 10.5 Å². The maximum absolute atomic E-state index is 7.28. The van der Waals surface area contributed by atoms with E-state index in [0.717, 1.165) is 11.1 Å². The van der Waals surface area contributed by atoms with Crippen molar-refractivity contribution in [2.45, 2.75) is 6.61 Å². The first-order valence-electron chi connectivity index (χ1n) is 3.67. The van der Waals surface area contributed by atoms with Gasteiger partial charge in [0.2, 0.25) is 0 Å². The van der Waals surface area contributed by atoms with E-state index in [2.05, 4.69) is 0 Å². The molecule has 0 aromatic heterocycles. The van der Waals surface area contributed by atoms with Crippen LogP contribution in [0.3, 0.4) is 0 Å². The molecule has 0 aliphatic heterocycles. The number of hydrogen-bond donors (Lipinski definition) is 2. The summed E-state index contributed by atoms with van der Waals surface area (Å²) in [7, 11) is 1.62. The number of nitrogen functional groups attached to an aromatic ring is 1. The molecule has 0 fully saturated rings. The summed E-state index contributed by atoms with van der Waals surface area (Å²) in [5.41, 5.74) is 7.07. The third kappa shape index (κ3) is 1.83. The van der Waals surface area contributed by atoms with Gasteiger partial charge in [-0.05, 0) is 5.56 Å². The number of amidine groups is 1. The van der Waals surface area contributed by atoms with E-state index >= 15 is 0 Å². The van der Waals surface area contributed by atoms with Crippen LogP contribution in [-0.2, 0) is 11.3 Å². The standard InChI is InChI=1S/C9H12N2O/c1-12-6-7-4-2-3-5-8(7)9(10)11/h2-5H,6H2,1H3,(H3,10,11). The third-order valence-corrected chi connectivity index (χ3v) is 1.61. The van der Waals surface area contributed by atoms with Gasteiger partial charge in [-0.3, -0.25) is 5.41 Å². The van der Waals surface area contributed by atoms with Crippen molar-refractivity contribution < 1.29 is 4.74 Å². The molecule has 3 nitrogen and oxygen atoms in total. The SMILES string of the molecule is COCc1ccccc1C(=N)N. The van der Waals surface area contributed by atoms with Crippen LogP contribution in [0.5, 0.6) is 0 Å². The molecule has 0 heterocycles.